The molecule has 0 fully saturated rings. The summed E-state index contributed by atoms with van der Waals surface area (Å²) >= 11 is 0. The Morgan fingerprint density at radius 3 is 1.11 bits per heavy atom. The third-order valence-corrected chi connectivity index (χ3v) is 9.23. The standard InChI is InChI=1S/C17H27NO2.C11H15NO2.C9H21N.C5H13NO2.C4H11NO.3C2H7NO/c1-4-5-6-7-8-9-10-14-13-15(18(2)3)11-12-16(14)17(19)20;1-4-8-7-9(12(2)3)5-6-10(8)11(13)14;1-4-7-10(8-5-2)9-6-3;1-6(2-4-7)3-5-8;1-4(2,5)3-6;3*3-1-2-4/h11-13H,4-10H2,1-3H3,(H,19,20);5-7H,4H2,1-3H3,(H,13,14);4-9H2,1-3H3;7-8H,2-5H2,1H3;6H,3,5H2,1-2H3;3*4H,1-3H2. The van der Waals surface area contributed by atoms with Gasteiger partial charge >= 0.3 is 11.9 Å². The first kappa shape index (κ1) is 77.9. The van der Waals surface area contributed by atoms with Crippen molar-refractivity contribution in [2.24, 2.45) is 22.9 Å². The number of benzene rings is 2. The predicted molar refractivity (Wildman–Crippen MR) is 295 cm³/mol. The summed E-state index contributed by atoms with van der Waals surface area (Å²) in [7, 11) is 9.69. The Hall–Kier alpha value is -3.50. The highest BCUT2D eigenvalue weighted by Gasteiger charge is 2.12. The molecule has 18 heteroatoms. The van der Waals surface area contributed by atoms with Crippen molar-refractivity contribution in [2.75, 3.05) is 137 Å². The summed E-state index contributed by atoms with van der Waals surface area (Å²) in [5.41, 5.74) is 24.0. The second-order valence-corrected chi connectivity index (χ2v) is 17.2. The maximum atomic E-state index is 11.3. The Morgan fingerprint density at radius 1 is 0.514 bits per heavy atom. The molecule has 2 rings (SSSR count). The molecule has 0 aromatic heterocycles. The molecule has 70 heavy (non-hydrogen) atoms. The molecular weight excluding hydrogens is 897 g/mol. The van der Waals surface area contributed by atoms with Crippen LogP contribution in [0.3, 0.4) is 0 Å². The average molecular weight is 1010 g/mol. The summed E-state index contributed by atoms with van der Waals surface area (Å²) in [6.45, 7) is 21.4. The van der Waals surface area contributed by atoms with Gasteiger partial charge in [0.1, 0.15) is 0 Å². The zero-order valence-corrected chi connectivity index (χ0v) is 46.1. The van der Waals surface area contributed by atoms with Gasteiger partial charge in [-0.05, 0) is 127 Å². The van der Waals surface area contributed by atoms with Crippen LogP contribution in [0.25, 0.3) is 0 Å². The minimum atomic E-state index is -0.854. The number of anilines is 2. The highest BCUT2D eigenvalue weighted by Crippen LogP contribution is 2.21. The van der Waals surface area contributed by atoms with E-state index in [1.807, 2.05) is 81.1 Å². The number of carboxylic acids is 2. The lowest BCUT2D eigenvalue weighted by Crippen LogP contribution is -2.35. The molecule has 16 N–H and O–H groups in total. The Balaban J connectivity index is -0.000000180. The molecule has 0 heterocycles. The zero-order valence-electron chi connectivity index (χ0n) is 46.1. The van der Waals surface area contributed by atoms with E-state index in [9.17, 15) is 14.7 Å². The quantitative estimate of drug-likeness (QED) is 0.0584. The van der Waals surface area contributed by atoms with Crippen LogP contribution in [0.1, 0.15) is 138 Å². The first-order valence-corrected chi connectivity index (χ1v) is 25.1. The number of nitrogens with two attached hydrogens (primary N) is 4. The summed E-state index contributed by atoms with van der Waals surface area (Å²) in [4.78, 5) is 30.5. The molecule has 18 nitrogen and oxygen atoms in total. The monoisotopic (exact) mass is 1000 g/mol. The molecule has 0 aliphatic heterocycles. The molecule has 0 radical (unpaired) electrons. The van der Waals surface area contributed by atoms with Crippen LogP contribution in [-0.2, 0) is 12.8 Å². The van der Waals surface area contributed by atoms with E-state index in [0.717, 1.165) is 41.8 Å². The van der Waals surface area contributed by atoms with E-state index in [-0.39, 0.29) is 39.6 Å². The number of nitrogens with zero attached hydrogens (tertiary/aromatic N) is 4. The van der Waals surface area contributed by atoms with Crippen LogP contribution in [0.5, 0.6) is 0 Å². The highest BCUT2D eigenvalue weighted by molar-refractivity contribution is 5.90. The Labute approximate surface area is 425 Å². The normalized spacial score (nSPS) is 10.1. The smallest absolute Gasteiger partial charge is 0.335 e. The molecule has 2 aromatic rings. The number of rotatable bonds is 26. The van der Waals surface area contributed by atoms with Crippen molar-refractivity contribution in [1.29, 1.82) is 0 Å². The Morgan fingerprint density at radius 2 is 0.843 bits per heavy atom. The van der Waals surface area contributed by atoms with Crippen LogP contribution in [0, 0.1) is 0 Å². The van der Waals surface area contributed by atoms with Crippen LogP contribution in [0.15, 0.2) is 36.4 Å². The summed E-state index contributed by atoms with van der Waals surface area (Å²) in [6.07, 6.45) is 12.8. The van der Waals surface area contributed by atoms with Gasteiger partial charge in [0, 0.05) is 77.8 Å². The van der Waals surface area contributed by atoms with Crippen molar-refractivity contribution in [3.63, 3.8) is 0 Å². The summed E-state index contributed by atoms with van der Waals surface area (Å²) in [6, 6.07) is 11.0. The number of carbonyl (C=O) groups is 2. The third-order valence-electron chi connectivity index (χ3n) is 9.23. The summed E-state index contributed by atoms with van der Waals surface area (Å²) in [5, 5.41) is 66.4. The molecule has 0 saturated carbocycles. The molecule has 0 unspecified atom stereocenters. The van der Waals surface area contributed by atoms with Gasteiger partial charge in [-0.25, -0.2) is 9.59 Å². The molecular formula is C52H108N8O10. The molecule has 2 aromatic carbocycles. The van der Waals surface area contributed by atoms with Crippen molar-refractivity contribution in [1.82, 2.24) is 9.80 Å². The lowest BCUT2D eigenvalue weighted by Gasteiger charge is -2.19. The zero-order chi connectivity index (χ0) is 55.3. The fourth-order valence-electron chi connectivity index (χ4n) is 5.47. The minimum Gasteiger partial charge on any atom is -0.478 e. The van der Waals surface area contributed by atoms with Crippen molar-refractivity contribution in [3.05, 3.63) is 58.7 Å². The van der Waals surface area contributed by atoms with Gasteiger partial charge in [-0.15, -0.1) is 0 Å². The van der Waals surface area contributed by atoms with Crippen LogP contribution in [-0.4, -0.2) is 195 Å². The third kappa shape index (κ3) is 53.8. The Bertz CT molecular complexity index is 1380. The maximum absolute atomic E-state index is 11.3. The molecule has 416 valence electrons. The number of carboxylic acid groups (broad SMARTS) is 2. The minimum absolute atomic E-state index is 0.0486. The molecule has 0 spiro atoms. The van der Waals surface area contributed by atoms with Crippen molar-refractivity contribution < 1.29 is 50.4 Å². The van der Waals surface area contributed by atoms with E-state index in [2.05, 4.69) is 32.6 Å². The van der Waals surface area contributed by atoms with Gasteiger partial charge < -0.3 is 83.4 Å². The van der Waals surface area contributed by atoms with Gasteiger partial charge in [0.15, 0.2) is 0 Å². The van der Waals surface area contributed by atoms with Crippen molar-refractivity contribution >= 4 is 23.3 Å². The maximum Gasteiger partial charge on any atom is 0.335 e. The highest BCUT2D eigenvalue weighted by atomic mass is 16.4. The van der Waals surface area contributed by atoms with E-state index < -0.39 is 17.5 Å². The second kappa shape index (κ2) is 56.4. The molecule has 0 amide bonds. The second-order valence-electron chi connectivity index (χ2n) is 17.2. The van der Waals surface area contributed by atoms with Crippen LogP contribution < -0.4 is 32.7 Å². The van der Waals surface area contributed by atoms with E-state index in [4.69, 9.17) is 58.7 Å². The fraction of sp³-hybridized carbons (Fsp3) is 0.731. The van der Waals surface area contributed by atoms with E-state index in [1.165, 1.54) is 71.0 Å². The van der Waals surface area contributed by atoms with Crippen molar-refractivity contribution in [2.45, 2.75) is 125 Å². The van der Waals surface area contributed by atoms with Gasteiger partial charge in [-0.3, -0.25) is 0 Å². The molecule has 0 atom stereocenters. The topological polar surface area (TPSA) is 313 Å². The van der Waals surface area contributed by atoms with Crippen LogP contribution in [0.4, 0.5) is 11.4 Å². The fourth-order valence-corrected chi connectivity index (χ4v) is 5.47. The summed E-state index contributed by atoms with van der Waals surface area (Å²) in [5.74, 6) is -1.68. The number of unbranched alkanes of at least 4 members (excludes halogenated alkanes) is 5. The molecule has 0 aliphatic rings. The van der Waals surface area contributed by atoms with Gasteiger partial charge in [-0.1, -0.05) is 66.7 Å². The molecule has 0 aliphatic carbocycles. The predicted octanol–water partition coefficient (Wildman–Crippen LogP) is 4.32. The number of hydrogen-bond acceptors (Lipinski definition) is 16. The SMILES string of the molecule is CC(C)(N)CO.CCCCCCCCc1cc(N(C)C)ccc1C(=O)O.CCCN(CCC)CCC.CCc1cc(N(C)C)ccc1C(=O)O.CN(CCO)CCO.NCCO.NCCO.NCCO. The first-order valence-electron chi connectivity index (χ1n) is 25.1. The van der Waals surface area contributed by atoms with Crippen LogP contribution >= 0.6 is 0 Å². The van der Waals surface area contributed by atoms with Gasteiger partial charge in [0.2, 0.25) is 0 Å². The van der Waals surface area contributed by atoms with Gasteiger partial charge in [0.05, 0.1) is 50.8 Å². The molecule has 0 bridgehead atoms. The van der Waals surface area contributed by atoms with Crippen molar-refractivity contribution in [3.8, 4) is 0 Å². The number of aromatic carboxylic acids is 2. The first-order chi connectivity index (χ1) is 33.1. The number of aryl methyl sites for hydroxylation is 2. The number of hydrogen-bond donors (Lipinski definition) is 12. The average Bonchev–Trinajstić information content (AvgIpc) is 3.33. The van der Waals surface area contributed by atoms with E-state index >= 15 is 0 Å². The number of likely N-dealkylation sites (N-methyl/N-ethyl adjacent to an activating group) is 1. The van der Waals surface area contributed by atoms with E-state index in [1.54, 1.807) is 26.0 Å². The largest absolute Gasteiger partial charge is 0.478 e. The molecule has 0 saturated heterocycles. The number of aliphatic hydroxyl groups excluding tert-OH is 6. The lowest BCUT2D eigenvalue weighted by molar-refractivity contribution is 0.0685. The van der Waals surface area contributed by atoms with E-state index in [0.29, 0.717) is 43.9 Å². The number of aliphatic hydroxyl groups is 6. The Kier molecular flexibility index (Phi) is 62.8. The summed E-state index contributed by atoms with van der Waals surface area (Å²) < 4.78 is 0. The van der Waals surface area contributed by atoms with Crippen LogP contribution in [0.2, 0.25) is 0 Å². The van der Waals surface area contributed by atoms with Gasteiger partial charge in [-0.2, -0.15) is 0 Å². The lowest BCUT2D eigenvalue weighted by atomic mass is 9.99. The van der Waals surface area contributed by atoms with Gasteiger partial charge in [0.25, 0.3) is 0 Å².